The molecule has 1 unspecified atom stereocenters. The van der Waals surface area contributed by atoms with Crippen LogP contribution in [0.3, 0.4) is 0 Å². The molecule has 1 aromatic carbocycles. The molecule has 0 fully saturated rings. The van der Waals surface area contributed by atoms with Gasteiger partial charge in [-0.2, -0.15) is 0 Å². The molecule has 0 saturated heterocycles. The third kappa shape index (κ3) is 2.39. The summed E-state index contributed by atoms with van der Waals surface area (Å²) in [6.07, 6.45) is 1.80. The van der Waals surface area contributed by atoms with E-state index < -0.39 is 11.9 Å². The molecule has 0 aliphatic heterocycles. The second-order valence-corrected chi connectivity index (χ2v) is 3.42. The van der Waals surface area contributed by atoms with Crippen LogP contribution in [0.5, 0.6) is 5.75 Å². The van der Waals surface area contributed by atoms with E-state index >= 15 is 0 Å². The summed E-state index contributed by atoms with van der Waals surface area (Å²) in [6, 6.07) is 5.53. The van der Waals surface area contributed by atoms with Crippen LogP contribution in [0.4, 0.5) is 4.39 Å². The number of rotatable bonds is 3. The largest absolute Gasteiger partial charge is 0.496 e. The molecule has 17 heavy (non-hydrogen) atoms. The molecule has 4 nitrogen and oxygen atoms in total. The summed E-state index contributed by atoms with van der Waals surface area (Å²) in [6.45, 7) is 0. The van der Waals surface area contributed by atoms with E-state index in [1.807, 2.05) is 0 Å². The van der Waals surface area contributed by atoms with Crippen molar-refractivity contribution in [3.05, 3.63) is 53.9 Å². The fraction of sp³-hybridized carbons (Fsp3) is 0.167. The van der Waals surface area contributed by atoms with E-state index in [1.165, 1.54) is 37.8 Å². The number of aliphatic hydroxyl groups excluding tert-OH is 1. The van der Waals surface area contributed by atoms with Gasteiger partial charge < -0.3 is 9.84 Å². The van der Waals surface area contributed by atoms with Gasteiger partial charge in [0.05, 0.1) is 12.8 Å². The molecule has 2 aromatic rings. The summed E-state index contributed by atoms with van der Waals surface area (Å²) in [7, 11) is 1.46. The summed E-state index contributed by atoms with van der Waals surface area (Å²) in [4.78, 5) is 7.68. The Labute approximate surface area is 97.7 Å². The zero-order valence-electron chi connectivity index (χ0n) is 9.17. The molecular formula is C12H11FN2O2. The van der Waals surface area contributed by atoms with Crippen LogP contribution in [0.25, 0.3) is 0 Å². The van der Waals surface area contributed by atoms with Crippen LogP contribution >= 0.6 is 0 Å². The Bertz CT molecular complexity index is 505. The highest BCUT2D eigenvalue weighted by molar-refractivity contribution is 5.38. The van der Waals surface area contributed by atoms with Crippen LogP contribution in [0.1, 0.15) is 17.4 Å². The Balaban J connectivity index is 2.43. The minimum Gasteiger partial charge on any atom is -0.496 e. The number of aromatic nitrogens is 2. The zero-order chi connectivity index (χ0) is 12.3. The fourth-order valence-electron chi connectivity index (χ4n) is 1.54. The molecule has 0 amide bonds. The van der Waals surface area contributed by atoms with Gasteiger partial charge in [0.15, 0.2) is 0 Å². The highest BCUT2D eigenvalue weighted by Gasteiger charge is 2.17. The highest BCUT2D eigenvalue weighted by atomic mass is 19.1. The minimum atomic E-state index is -1.04. The minimum absolute atomic E-state index is 0.339. The van der Waals surface area contributed by atoms with Crippen molar-refractivity contribution in [1.82, 2.24) is 9.97 Å². The maximum atomic E-state index is 13.2. The quantitative estimate of drug-likeness (QED) is 0.878. The van der Waals surface area contributed by atoms with Crippen LogP contribution in [-0.4, -0.2) is 22.2 Å². The number of methoxy groups -OCH3 is 1. The van der Waals surface area contributed by atoms with Crippen molar-refractivity contribution in [1.29, 1.82) is 0 Å². The van der Waals surface area contributed by atoms with E-state index in [9.17, 15) is 9.50 Å². The highest BCUT2D eigenvalue weighted by Crippen LogP contribution is 2.29. The Hall–Kier alpha value is -2.01. The van der Waals surface area contributed by atoms with Crippen molar-refractivity contribution in [3.8, 4) is 5.75 Å². The van der Waals surface area contributed by atoms with E-state index in [-0.39, 0.29) is 0 Å². The normalized spacial score (nSPS) is 12.2. The maximum absolute atomic E-state index is 13.2. The smallest absolute Gasteiger partial charge is 0.125 e. The van der Waals surface area contributed by atoms with E-state index in [1.54, 1.807) is 6.07 Å². The van der Waals surface area contributed by atoms with Gasteiger partial charge >= 0.3 is 0 Å². The second kappa shape index (κ2) is 4.88. The van der Waals surface area contributed by atoms with Crippen molar-refractivity contribution in [2.75, 3.05) is 7.11 Å². The van der Waals surface area contributed by atoms with Gasteiger partial charge in [-0.15, -0.1) is 0 Å². The molecule has 0 spiro atoms. The van der Waals surface area contributed by atoms with Crippen LogP contribution in [-0.2, 0) is 0 Å². The third-order valence-electron chi connectivity index (χ3n) is 2.37. The number of aliphatic hydroxyl groups is 1. The summed E-state index contributed by atoms with van der Waals surface area (Å²) in [5, 5.41) is 10.1. The molecule has 0 saturated carbocycles. The fourth-order valence-corrected chi connectivity index (χ4v) is 1.54. The summed E-state index contributed by atoms with van der Waals surface area (Å²) in [5.74, 6) is -0.0218. The number of hydrogen-bond donors (Lipinski definition) is 1. The molecular weight excluding hydrogens is 223 g/mol. The molecule has 88 valence electrons. The van der Waals surface area contributed by atoms with Gasteiger partial charge in [0.25, 0.3) is 0 Å². The van der Waals surface area contributed by atoms with Crippen LogP contribution in [0, 0.1) is 5.82 Å². The standard InChI is InChI=1S/C12H11FN2O2/c1-17-11-3-2-8(13)6-9(11)12(16)10-4-5-14-7-15-10/h2-7,12,16H,1H3. The molecule has 1 atom stereocenters. The number of hydrogen-bond acceptors (Lipinski definition) is 4. The van der Waals surface area contributed by atoms with Crippen molar-refractivity contribution >= 4 is 0 Å². The average molecular weight is 234 g/mol. The topological polar surface area (TPSA) is 55.2 Å². The van der Waals surface area contributed by atoms with Gasteiger partial charge in [-0.3, -0.25) is 0 Å². The first-order valence-corrected chi connectivity index (χ1v) is 5.00. The lowest BCUT2D eigenvalue weighted by Crippen LogP contribution is -2.05. The van der Waals surface area contributed by atoms with E-state index in [2.05, 4.69) is 9.97 Å². The second-order valence-electron chi connectivity index (χ2n) is 3.42. The predicted octanol–water partition coefficient (Wildman–Crippen LogP) is 1.71. The van der Waals surface area contributed by atoms with E-state index in [0.29, 0.717) is 17.0 Å². The molecule has 1 N–H and O–H groups in total. The van der Waals surface area contributed by atoms with Crippen LogP contribution < -0.4 is 4.74 Å². The third-order valence-corrected chi connectivity index (χ3v) is 2.37. The van der Waals surface area contributed by atoms with Gasteiger partial charge in [-0.1, -0.05) is 0 Å². The van der Waals surface area contributed by atoms with Gasteiger partial charge in [0.2, 0.25) is 0 Å². The maximum Gasteiger partial charge on any atom is 0.125 e. The van der Waals surface area contributed by atoms with E-state index in [0.717, 1.165) is 0 Å². The molecule has 5 heteroatoms. The number of nitrogens with zero attached hydrogens (tertiary/aromatic N) is 2. The van der Waals surface area contributed by atoms with Crippen molar-refractivity contribution in [2.45, 2.75) is 6.10 Å². The predicted molar refractivity (Wildman–Crippen MR) is 59.0 cm³/mol. The van der Waals surface area contributed by atoms with Gasteiger partial charge in [-0.05, 0) is 24.3 Å². The number of halogens is 1. The number of ether oxygens (including phenoxy) is 1. The molecule has 0 radical (unpaired) electrons. The average Bonchev–Trinajstić information content (AvgIpc) is 2.39. The monoisotopic (exact) mass is 234 g/mol. The Morgan fingerprint density at radius 3 is 2.82 bits per heavy atom. The summed E-state index contributed by atoms with van der Waals surface area (Å²) >= 11 is 0. The van der Waals surface area contributed by atoms with Crippen molar-refractivity contribution < 1.29 is 14.2 Å². The first kappa shape index (κ1) is 11.5. The van der Waals surface area contributed by atoms with Crippen molar-refractivity contribution in [3.63, 3.8) is 0 Å². The lowest BCUT2D eigenvalue weighted by atomic mass is 10.1. The molecule has 0 aliphatic carbocycles. The Morgan fingerprint density at radius 1 is 1.35 bits per heavy atom. The number of benzene rings is 1. The summed E-state index contributed by atoms with van der Waals surface area (Å²) < 4.78 is 18.2. The molecule has 0 bridgehead atoms. The molecule has 1 heterocycles. The molecule has 2 rings (SSSR count). The molecule has 0 aliphatic rings. The molecule has 1 aromatic heterocycles. The zero-order valence-corrected chi connectivity index (χ0v) is 9.17. The first-order chi connectivity index (χ1) is 8.22. The summed E-state index contributed by atoms with van der Waals surface area (Å²) in [5.41, 5.74) is 0.732. The SMILES string of the molecule is COc1ccc(F)cc1C(O)c1ccncn1. The van der Waals surface area contributed by atoms with Crippen LogP contribution in [0.15, 0.2) is 36.8 Å². The Kier molecular flexibility index (Phi) is 3.30. The van der Waals surface area contributed by atoms with Gasteiger partial charge in [0, 0.05) is 11.8 Å². The Morgan fingerprint density at radius 2 is 2.18 bits per heavy atom. The first-order valence-electron chi connectivity index (χ1n) is 5.00. The van der Waals surface area contributed by atoms with Crippen LogP contribution in [0.2, 0.25) is 0 Å². The lowest BCUT2D eigenvalue weighted by Gasteiger charge is -2.14. The van der Waals surface area contributed by atoms with E-state index in [4.69, 9.17) is 4.74 Å². The van der Waals surface area contributed by atoms with Gasteiger partial charge in [-0.25, -0.2) is 14.4 Å². The van der Waals surface area contributed by atoms with Gasteiger partial charge in [0.1, 0.15) is 24.0 Å². The lowest BCUT2D eigenvalue weighted by molar-refractivity contribution is 0.209. The van der Waals surface area contributed by atoms with Crippen molar-refractivity contribution in [2.24, 2.45) is 0 Å².